The van der Waals surface area contributed by atoms with Gasteiger partial charge in [-0.25, -0.2) is 18.2 Å². The van der Waals surface area contributed by atoms with Gasteiger partial charge in [0.25, 0.3) is 5.91 Å². The fourth-order valence-corrected chi connectivity index (χ4v) is 5.62. The summed E-state index contributed by atoms with van der Waals surface area (Å²) in [5.74, 6) is -2.18. The molecule has 2 aromatic carbocycles. The molecule has 2 aliphatic rings. The van der Waals surface area contributed by atoms with Crippen molar-refractivity contribution < 1.29 is 18.0 Å². The molecule has 44 heavy (non-hydrogen) atoms. The first-order valence-corrected chi connectivity index (χ1v) is 14.3. The number of carbonyl (C=O) groups excluding carboxylic acids is 1. The lowest BCUT2D eigenvalue weighted by atomic mass is 10.0. The van der Waals surface area contributed by atoms with Crippen molar-refractivity contribution in [2.45, 2.75) is 13.0 Å². The summed E-state index contributed by atoms with van der Waals surface area (Å²) in [7, 11) is 3.99. The highest BCUT2D eigenvalue weighted by Crippen LogP contribution is 2.38. The first-order valence-electron chi connectivity index (χ1n) is 13.9. The van der Waals surface area contributed by atoms with Crippen LogP contribution < -0.4 is 9.80 Å². The number of hydrogen-bond acceptors (Lipinski definition) is 8. The Morgan fingerprint density at radius 1 is 1.09 bits per heavy atom. The lowest BCUT2D eigenvalue weighted by Crippen LogP contribution is -2.58. The minimum Gasteiger partial charge on any atom is -0.352 e. The molecule has 0 atom stereocenters. The fraction of sp³-hybridized carbons (Fsp3) is 0.323. The van der Waals surface area contributed by atoms with Crippen LogP contribution in [0.4, 0.5) is 24.9 Å². The molecule has 0 bridgehead atoms. The smallest absolute Gasteiger partial charge is 0.282 e. The first kappa shape index (κ1) is 31.0. The van der Waals surface area contributed by atoms with Gasteiger partial charge in [0, 0.05) is 69.4 Å². The van der Waals surface area contributed by atoms with Crippen molar-refractivity contribution in [3.05, 3.63) is 65.6 Å². The zero-order valence-corrected chi connectivity index (χ0v) is 25.2. The van der Waals surface area contributed by atoms with E-state index in [-0.39, 0.29) is 29.3 Å². The van der Waals surface area contributed by atoms with E-state index in [1.807, 2.05) is 23.9 Å². The molecule has 228 valence electrons. The van der Waals surface area contributed by atoms with Crippen molar-refractivity contribution in [1.29, 1.82) is 5.26 Å². The maximum atomic E-state index is 16.5. The number of halogens is 4. The zero-order chi connectivity index (χ0) is 31.7. The summed E-state index contributed by atoms with van der Waals surface area (Å²) in [6.45, 7) is 7.10. The van der Waals surface area contributed by atoms with Crippen LogP contribution in [0, 0.1) is 23.0 Å². The van der Waals surface area contributed by atoms with Crippen molar-refractivity contribution in [3.8, 4) is 17.3 Å². The highest BCUT2D eigenvalue weighted by atomic mass is 35.5. The molecule has 9 nitrogen and oxygen atoms in total. The highest BCUT2D eigenvalue weighted by Gasteiger charge is 2.33. The molecule has 2 aliphatic heterocycles. The van der Waals surface area contributed by atoms with Crippen molar-refractivity contribution in [3.63, 3.8) is 0 Å². The predicted octanol–water partition coefficient (Wildman–Crippen LogP) is 5.19. The molecule has 0 unspecified atom stereocenters. The first-order chi connectivity index (χ1) is 21.0. The van der Waals surface area contributed by atoms with E-state index in [0.29, 0.717) is 65.7 Å². The topological polar surface area (TPSA) is 92.5 Å². The van der Waals surface area contributed by atoms with Crippen LogP contribution >= 0.6 is 11.6 Å². The number of fused-ring (bicyclic) bond motifs is 2. The number of piperazine rings is 1. The number of amides is 1. The highest BCUT2D eigenvalue weighted by molar-refractivity contribution is 6.36. The summed E-state index contributed by atoms with van der Waals surface area (Å²) >= 11 is 6.34. The van der Waals surface area contributed by atoms with Crippen LogP contribution in [0.1, 0.15) is 6.92 Å². The maximum Gasteiger partial charge on any atom is 0.282 e. The molecular formula is C31H30ClF3N8O. The van der Waals surface area contributed by atoms with Crippen LogP contribution in [-0.2, 0) is 4.79 Å². The number of likely N-dealkylation sites (N-methyl/N-ethyl adjacent to an activating group) is 1. The Balaban J connectivity index is 0.00000123. The van der Waals surface area contributed by atoms with Gasteiger partial charge in [0.1, 0.15) is 22.8 Å². The molecule has 13 heteroatoms. The van der Waals surface area contributed by atoms with Crippen molar-refractivity contribution >= 4 is 50.9 Å². The van der Waals surface area contributed by atoms with E-state index >= 15 is 4.39 Å². The predicted molar refractivity (Wildman–Crippen MR) is 165 cm³/mol. The number of carbonyl (C=O) groups is 1. The SMILES string of the molecule is C=C(F)C(=O)N1CCN(c2nc(N3CC(N(C)C)C3)nc3c(F)c(-c4cccc5ccc(F)c(Cl)c45)ncc23)CC1.CC#N. The number of anilines is 2. The monoisotopic (exact) mass is 622 g/mol. The third-order valence-electron chi connectivity index (χ3n) is 7.82. The van der Waals surface area contributed by atoms with Crippen LogP contribution in [0.5, 0.6) is 0 Å². The van der Waals surface area contributed by atoms with Gasteiger partial charge in [-0.15, -0.1) is 0 Å². The Labute approximate surface area is 257 Å². The van der Waals surface area contributed by atoms with Crippen LogP contribution in [-0.4, -0.2) is 90.1 Å². The number of pyridine rings is 1. The number of rotatable bonds is 5. The summed E-state index contributed by atoms with van der Waals surface area (Å²) < 4.78 is 44.3. The van der Waals surface area contributed by atoms with Crippen molar-refractivity contribution in [2.75, 3.05) is 63.2 Å². The second kappa shape index (κ2) is 12.6. The molecule has 4 heterocycles. The standard InChI is InChI=1S/C29H27ClF3N7O.C2H3N/c1-16(31)28(41)39-11-9-38(10-12-39)27-20-13-34-25(19-6-4-5-17-7-8-21(32)23(30)22(17)19)24(33)26(20)35-29(36-27)40-14-18(15-40)37(2)3;1-2-3/h4-8,13,18H,1,9-12,14-15H2,2-3H3;1H3. The molecule has 6 rings (SSSR count). The van der Waals surface area contributed by atoms with Crippen molar-refractivity contribution in [2.24, 2.45) is 0 Å². The van der Waals surface area contributed by atoms with E-state index < -0.39 is 23.4 Å². The van der Waals surface area contributed by atoms with E-state index in [9.17, 15) is 13.6 Å². The number of hydrogen-bond donors (Lipinski definition) is 0. The van der Waals surface area contributed by atoms with Crippen LogP contribution in [0.2, 0.25) is 5.02 Å². The molecule has 1 amide bonds. The normalized spacial score (nSPS) is 15.2. The van der Waals surface area contributed by atoms with Gasteiger partial charge < -0.3 is 19.6 Å². The molecule has 0 saturated carbocycles. The molecule has 0 spiro atoms. The number of benzene rings is 2. The lowest BCUT2D eigenvalue weighted by molar-refractivity contribution is -0.128. The molecule has 2 fully saturated rings. The van der Waals surface area contributed by atoms with E-state index in [1.165, 1.54) is 24.1 Å². The van der Waals surface area contributed by atoms with Crippen LogP contribution in [0.15, 0.2) is 48.9 Å². The average molecular weight is 623 g/mol. The quantitative estimate of drug-likeness (QED) is 0.281. The van der Waals surface area contributed by atoms with Gasteiger partial charge in [-0.05, 0) is 25.5 Å². The summed E-state index contributed by atoms with van der Waals surface area (Å²) in [5.41, 5.74) is 0.421. The molecule has 0 N–H and O–H groups in total. The Morgan fingerprint density at radius 3 is 2.41 bits per heavy atom. The van der Waals surface area contributed by atoms with Gasteiger partial charge >= 0.3 is 0 Å². The molecule has 2 aromatic heterocycles. The Hall–Kier alpha value is -4.47. The van der Waals surface area contributed by atoms with E-state index in [4.69, 9.17) is 21.8 Å². The molecule has 4 aromatic rings. The van der Waals surface area contributed by atoms with E-state index in [0.717, 1.165) is 0 Å². The molecular weight excluding hydrogens is 593 g/mol. The van der Waals surface area contributed by atoms with E-state index in [1.54, 1.807) is 30.3 Å². The average Bonchev–Trinajstić information content (AvgIpc) is 2.98. The third kappa shape index (κ3) is 5.73. The van der Waals surface area contributed by atoms with Gasteiger partial charge in [-0.1, -0.05) is 42.4 Å². The molecule has 2 saturated heterocycles. The summed E-state index contributed by atoms with van der Waals surface area (Å²) in [6.07, 6.45) is 1.51. The Morgan fingerprint density at radius 2 is 1.77 bits per heavy atom. The van der Waals surface area contributed by atoms with Crippen LogP contribution in [0.3, 0.4) is 0 Å². The Kier molecular flexibility index (Phi) is 8.90. The second-order valence-corrected chi connectivity index (χ2v) is 11.1. The Bertz CT molecular complexity index is 1800. The van der Waals surface area contributed by atoms with Gasteiger partial charge in [0.2, 0.25) is 5.95 Å². The fourth-order valence-electron chi connectivity index (χ4n) is 5.35. The molecule has 0 radical (unpaired) electrons. The number of nitriles is 1. The van der Waals surface area contributed by atoms with E-state index in [2.05, 4.69) is 21.4 Å². The van der Waals surface area contributed by atoms with Gasteiger partial charge in [-0.2, -0.15) is 10.2 Å². The van der Waals surface area contributed by atoms with Gasteiger partial charge in [-0.3, -0.25) is 9.78 Å². The third-order valence-corrected chi connectivity index (χ3v) is 8.19. The summed E-state index contributed by atoms with van der Waals surface area (Å²) in [6, 6.07) is 10.1. The van der Waals surface area contributed by atoms with Crippen molar-refractivity contribution in [1.82, 2.24) is 24.8 Å². The van der Waals surface area contributed by atoms with Crippen LogP contribution in [0.25, 0.3) is 32.9 Å². The maximum absolute atomic E-state index is 16.5. The minimum absolute atomic E-state index is 0.00199. The summed E-state index contributed by atoms with van der Waals surface area (Å²) in [5, 5.41) is 8.62. The molecule has 0 aliphatic carbocycles. The largest absolute Gasteiger partial charge is 0.352 e. The second-order valence-electron chi connectivity index (χ2n) is 10.7. The van der Waals surface area contributed by atoms with Gasteiger partial charge in [0.15, 0.2) is 11.6 Å². The lowest BCUT2D eigenvalue weighted by Gasteiger charge is -2.43. The number of aromatic nitrogens is 3. The zero-order valence-electron chi connectivity index (χ0n) is 24.5. The summed E-state index contributed by atoms with van der Waals surface area (Å²) in [4.78, 5) is 33.4. The van der Waals surface area contributed by atoms with Gasteiger partial charge in [0.05, 0.1) is 16.5 Å². The number of nitrogens with zero attached hydrogens (tertiary/aromatic N) is 8. The minimum atomic E-state index is -1.01.